The van der Waals surface area contributed by atoms with Crippen molar-refractivity contribution in [3.63, 3.8) is 0 Å². The summed E-state index contributed by atoms with van der Waals surface area (Å²) in [7, 11) is 0. The summed E-state index contributed by atoms with van der Waals surface area (Å²) in [5.74, 6) is 2.10. The van der Waals surface area contributed by atoms with Crippen LogP contribution in [0.15, 0.2) is 127 Å². The molecule has 9 aromatic rings. The van der Waals surface area contributed by atoms with Gasteiger partial charge in [0.15, 0.2) is 5.82 Å². The summed E-state index contributed by atoms with van der Waals surface area (Å²) in [6.45, 7) is 8.17. The SMILES string of the molecule is Cc1ccc2c(c1)c1ccccc1n2-c1ccccc1-c1cc(-c2nc(C)nc(C)n2)ccc1-n1c2ccccc2c2cc(C)ccc21. The number of fused-ring (bicyclic) bond motifs is 6. The number of para-hydroxylation sites is 3. The normalized spacial score (nSPS) is 11.8. The van der Waals surface area contributed by atoms with Crippen molar-refractivity contribution in [2.24, 2.45) is 0 Å². The molecule has 0 unspecified atom stereocenters. The molecule has 0 fully saturated rings. The Bertz CT molecular complexity index is 2710. The van der Waals surface area contributed by atoms with Crippen LogP contribution in [0.4, 0.5) is 0 Å². The molecule has 0 saturated heterocycles. The Labute approximate surface area is 278 Å². The molecule has 0 spiro atoms. The van der Waals surface area contributed by atoms with Gasteiger partial charge in [0.05, 0.1) is 33.4 Å². The minimum absolute atomic E-state index is 0.676. The lowest BCUT2D eigenvalue weighted by molar-refractivity contribution is 0.928. The summed E-state index contributed by atoms with van der Waals surface area (Å²) in [6, 6.07) is 46.3. The van der Waals surface area contributed by atoms with Gasteiger partial charge in [0, 0.05) is 38.2 Å². The van der Waals surface area contributed by atoms with Crippen molar-refractivity contribution in [1.29, 1.82) is 0 Å². The van der Waals surface area contributed by atoms with Crippen LogP contribution in [0.1, 0.15) is 22.8 Å². The van der Waals surface area contributed by atoms with Crippen molar-refractivity contribution in [3.05, 3.63) is 150 Å². The number of hydrogen-bond donors (Lipinski definition) is 0. The zero-order valence-corrected chi connectivity index (χ0v) is 27.4. The third kappa shape index (κ3) is 4.35. The van der Waals surface area contributed by atoms with E-state index in [1.54, 1.807) is 0 Å². The van der Waals surface area contributed by atoms with E-state index < -0.39 is 0 Å². The first-order valence-corrected chi connectivity index (χ1v) is 16.4. The van der Waals surface area contributed by atoms with Crippen LogP contribution >= 0.6 is 0 Å². The van der Waals surface area contributed by atoms with Gasteiger partial charge in [-0.15, -0.1) is 0 Å². The molecule has 0 aliphatic rings. The topological polar surface area (TPSA) is 48.5 Å². The molecule has 0 amide bonds. The predicted molar refractivity (Wildman–Crippen MR) is 198 cm³/mol. The number of hydrogen-bond acceptors (Lipinski definition) is 3. The predicted octanol–water partition coefficient (Wildman–Crippen LogP) is 10.6. The van der Waals surface area contributed by atoms with Crippen LogP contribution in [0, 0.1) is 27.7 Å². The van der Waals surface area contributed by atoms with E-state index in [1.807, 2.05) is 13.8 Å². The van der Waals surface area contributed by atoms with Gasteiger partial charge in [0.2, 0.25) is 0 Å². The number of aromatic nitrogens is 5. The van der Waals surface area contributed by atoms with Gasteiger partial charge in [-0.05, 0) is 88.4 Å². The summed E-state index contributed by atoms with van der Waals surface area (Å²) in [5.41, 5.74) is 12.6. The van der Waals surface area contributed by atoms with Crippen LogP contribution in [0.5, 0.6) is 0 Å². The van der Waals surface area contributed by atoms with Crippen LogP contribution in [-0.4, -0.2) is 24.1 Å². The highest BCUT2D eigenvalue weighted by molar-refractivity contribution is 6.11. The lowest BCUT2D eigenvalue weighted by Gasteiger charge is -2.19. The van der Waals surface area contributed by atoms with Gasteiger partial charge in [-0.3, -0.25) is 0 Å². The Morgan fingerprint density at radius 2 is 0.896 bits per heavy atom. The minimum Gasteiger partial charge on any atom is -0.309 e. The summed E-state index contributed by atoms with van der Waals surface area (Å²) in [4.78, 5) is 14.0. The smallest absolute Gasteiger partial charge is 0.163 e. The fourth-order valence-corrected chi connectivity index (χ4v) is 7.42. The summed E-state index contributed by atoms with van der Waals surface area (Å²) in [5, 5.41) is 4.98. The van der Waals surface area contributed by atoms with Crippen molar-refractivity contribution in [2.45, 2.75) is 27.7 Å². The zero-order chi connectivity index (χ0) is 32.5. The Hall–Kier alpha value is -6.07. The van der Waals surface area contributed by atoms with Crippen molar-refractivity contribution in [1.82, 2.24) is 24.1 Å². The molecule has 0 aliphatic carbocycles. The van der Waals surface area contributed by atoms with Crippen LogP contribution in [0.25, 0.3) is 77.5 Å². The molecular weight excluding hydrogens is 587 g/mol. The Morgan fingerprint density at radius 3 is 1.50 bits per heavy atom. The van der Waals surface area contributed by atoms with Gasteiger partial charge >= 0.3 is 0 Å². The molecule has 6 aromatic carbocycles. The first-order chi connectivity index (χ1) is 23.4. The third-order valence-electron chi connectivity index (χ3n) is 9.45. The average Bonchev–Trinajstić information content (AvgIpc) is 3.59. The van der Waals surface area contributed by atoms with E-state index in [9.17, 15) is 0 Å². The standard InChI is InChI=1S/C43H33N5/c1-26-17-20-40-34(23-26)31-11-5-8-14-37(31)47(40)39-16-10-7-13-33(39)36-25-30(43-45-28(3)44-29(4)46-43)19-22-42(36)48-38-15-9-6-12-32(38)35-24-27(2)18-21-41(35)48/h5-25H,1-4H3. The maximum absolute atomic E-state index is 4.77. The molecule has 3 aromatic heterocycles. The second-order valence-electron chi connectivity index (χ2n) is 12.7. The van der Waals surface area contributed by atoms with Crippen LogP contribution in [0.2, 0.25) is 0 Å². The first-order valence-electron chi connectivity index (χ1n) is 16.4. The molecule has 48 heavy (non-hydrogen) atoms. The molecule has 0 saturated carbocycles. The highest BCUT2D eigenvalue weighted by atomic mass is 15.0. The minimum atomic E-state index is 0.676. The second-order valence-corrected chi connectivity index (χ2v) is 12.7. The maximum Gasteiger partial charge on any atom is 0.163 e. The van der Waals surface area contributed by atoms with Crippen LogP contribution in [0.3, 0.4) is 0 Å². The fraction of sp³-hybridized carbons (Fsp3) is 0.0930. The van der Waals surface area contributed by atoms with Crippen molar-refractivity contribution >= 4 is 43.6 Å². The van der Waals surface area contributed by atoms with Crippen molar-refractivity contribution in [2.75, 3.05) is 0 Å². The van der Waals surface area contributed by atoms with Crippen LogP contribution in [-0.2, 0) is 0 Å². The largest absolute Gasteiger partial charge is 0.309 e. The molecule has 0 aliphatic heterocycles. The number of benzene rings is 6. The average molecular weight is 620 g/mol. The molecule has 230 valence electrons. The van der Waals surface area contributed by atoms with Gasteiger partial charge in [-0.1, -0.05) is 77.9 Å². The molecule has 5 heteroatoms. The molecular formula is C43H33N5. The van der Waals surface area contributed by atoms with E-state index in [2.05, 4.69) is 155 Å². The van der Waals surface area contributed by atoms with E-state index in [-0.39, 0.29) is 0 Å². The van der Waals surface area contributed by atoms with Crippen molar-refractivity contribution in [3.8, 4) is 33.9 Å². The highest BCUT2D eigenvalue weighted by Crippen LogP contribution is 2.42. The molecule has 5 nitrogen and oxygen atoms in total. The molecule has 0 bridgehead atoms. The molecule has 9 rings (SSSR count). The maximum atomic E-state index is 4.77. The van der Waals surface area contributed by atoms with E-state index in [1.165, 1.54) is 54.7 Å². The molecule has 0 N–H and O–H groups in total. The van der Waals surface area contributed by atoms with Gasteiger partial charge in [0.25, 0.3) is 0 Å². The lowest BCUT2D eigenvalue weighted by atomic mass is 9.98. The highest BCUT2D eigenvalue weighted by Gasteiger charge is 2.21. The fourth-order valence-electron chi connectivity index (χ4n) is 7.42. The second kappa shape index (κ2) is 10.7. The number of aryl methyl sites for hydroxylation is 4. The third-order valence-corrected chi connectivity index (χ3v) is 9.45. The molecule has 3 heterocycles. The summed E-state index contributed by atoms with van der Waals surface area (Å²) >= 11 is 0. The monoisotopic (exact) mass is 619 g/mol. The molecule has 0 atom stereocenters. The van der Waals surface area contributed by atoms with E-state index in [0.29, 0.717) is 17.5 Å². The van der Waals surface area contributed by atoms with Gasteiger partial charge in [-0.2, -0.15) is 0 Å². The van der Waals surface area contributed by atoms with Gasteiger partial charge < -0.3 is 9.13 Å². The zero-order valence-electron chi connectivity index (χ0n) is 27.4. The van der Waals surface area contributed by atoms with Crippen LogP contribution < -0.4 is 0 Å². The van der Waals surface area contributed by atoms with E-state index >= 15 is 0 Å². The quantitative estimate of drug-likeness (QED) is 0.197. The Balaban J connectivity index is 1.40. The number of rotatable bonds is 4. The summed E-state index contributed by atoms with van der Waals surface area (Å²) < 4.78 is 4.83. The lowest BCUT2D eigenvalue weighted by Crippen LogP contribution is -2.03. The van der Waals surface area contributed by atoms with Crippen molar-refractivity contribution < 1.29 is 0 Å². The van der Waals surface area contributed by atoms with E-state index in [4.69, 9.17) is 9.97 Å². The molecule has 0 radical (unpaired) electrons. The summed E-state index contributed by atoms with van der Waals surface area (Å²) in [6.07, 6.45) is 0. The van der Waals surface area contributed by atoms with Gasteiger partial charge in [-0.25, -0.2) is 15.0 Å². The van der Waals surface area contributed by atoms with Gasteiger partial charge in [0.1, 0.15) is 11.6 Å². The number of nitrogens with zero attached hydrogens (tertiary/aromatic N) is 5. The Kier molecular flexibility index (Phi) is 6.31. The first kappa shape index (κ1) is 28.2. The Morgan fingerprint density at radius 1 is 0.396 bits per heavy atom. The van der Waals surface area contributed by atoms with E-state index in [0.717, 1.165) is 28.1 Å².